The summed E-state index contributed by atoms with van der Waals surface area (Å²) in [7, 11) is 0. The van der Waals surface area contributed by atoms with Crippen LogP contribution in [-0.2, 0) is 27.2 Å². The highest BCUT2D eigenvalue weighted by Crippen LogP contribution is 2.35. The molecule has 34 heavy (non-hydrogen) atoms. The van der Waals surface area contributed by atoms with Gasteiger partial charge in [-0.2, -0.15) is 0 Å². The van der Waals surface area contributed by atoms with Crippen molar-refractivity contribution in [1.29, 1.82) is 0 Å². The number of carbonyl (C=O) groups is 1. The van der Waals surface area contributed by atoms with Crippen molar-refractivity contribution in [2.45, 2.75) is 31.8 Å². The number of aromatic nitrogens is 2. The first-order valence-corrected chi connectivity index (χ1v) is 12.5. The number of carbonyl (C=O) groups excluding carboxylic acids is 1. The van der Waals surface area contributed by atoms with Gasteiger partial charge in [0, 0.05) is 62.1 Å². The van der Waals surface area contributed by atoms with E-state index in [-0.39, 0.29) is 17.9 Å². The van der Waals surface area contributed by atoms with Crippen LogP contribution in [-0.4, -0.2) is 60.3 Å². The van der Waals surface area contributed by atoms with Gasteiger partial charge in [0.15, 0.2) is 0 Å². The molecule has 2 N–H and O–H groups in total. The van der Waals surface area contributed by atoms with Crippen molar-refractivity contribution >= 4 is 28.5 Å². The minimum atomic E-state index is 0.0775. The van der Waals surface area contributed by atoms with E-state index in [2.05, 4.69) is 33.5 Å². The summed E-state index contributed by atoms with van der Waals surface area (Å²) in [6.07, 6.45) is 6.16. The van der Waals surface area contributed by atoms with E-state index in [9.17, 15) is 4.79 Å². The third-order valence-corrected chi connectivity index (χ3v) is 7.68. The normalized spacial score (nSPS) is 21.6. The summed E-state index contributed by atoms with van der Waals surface area (Å²) in [5.41, 5.74) is 6.72. The second-order valence-electron chi connectivity index (χ2n) is 9.44. The van der Waals surface area contributed by atoms with Crippen LogP contribution in [0, 0.1) is 5.92 Å². The zero-order chi connectivity index (χ0) is 23.1. The van der Waals surface area contributed by atoms with E-state index in [4.69, 9.17) is 21.1 Å². The molecule has 6 rings (SSSR count). The predicted octanol–water partition coefficient (Wildman–Crippen LogP) is 3.86. The molecule has 0 radical (unpaired) electrons. The zero-order valence-corrected chi connectivity index (χ0v) is 19.9. The van der Waals surface area contributed by atoms with Gasteiger partial charge in [-0.3, -0.25) is 4.79 Å². The molecule has 1 amide bonds. The molecule has 2 saturated heterocycles. The molecule has 8 heteroatoms. The molecular formula is C26H29ClN4O3. The molecular weight excluding hydrogens is 452 g/mol. The SMILES string of the molecule is O=C(C1CCOCC1)N1CCc2c(cc(-c3cnc4[nH]cc(Cl)c4c3)cc2[C@@H]2COCCN2)C1. The van der Waals surface area contributed by atoms with E-state index < -0.39 is 0 Å². The topological polar surface area (TPSA) is 79.5 Å². The van der Waals surface area contributed by atoms with Gasteiger partial charge in [0.1, 0.15) is 5.65 Å². The van der Waals surface area contributed by atoms with Crippen molar-refractivity contribution in [3.63, 3.8) is 0 Å². The van der Waals surface area contributed by atoms with Crippen LogP contribution in [0.2, 0.25) is 5.02 Å². The number of hydrogen-bond donors (Lipinski definition) is 2. The quantitative estimate of drug-likeness (QED) is 0.595. The summed E-state index contributed by atoms with van der Waals surface area (Å²) in [6.45, 7) is 4.99. The average Bonchev–Trinajstić information content (AvgIpc) is 3.28. The number of amides is 1. The summed E-state index contributed by atoms with van der Waals surface area (Å²) in [5.74, 6) is 0.343. The standard InChI is InChI=1S/C26H29ClN4O3/c27-23-13-30-25-22(23)11-18(12-29-25)17-9-19-14-31(26(32)16-2-6-33-7-3-16)5-1-20(19)21(10-17)24-15-34-8-4-28-24/h9-13,16,24,28H,1-8,14-15H2,(H,29,30)/t24-/m0/s1. The largest absolute Gasteiger partial charge is 0.381 e. The molecule has 0 unspecified atom stereocenters. The Morgan fingerprint density at radius 2 is 2.00 bits per heavy atom. The lowest BCUT2D eigenvalue weighted by Gasteiger charge is -2.36. The fraction of sp³-hybridized carbons (Fsp3) is 0.462. The lowest BCUT2D eigenvalue weighted by molar-refractivity contribution is -0.139. The van der Waals surface area contributed by atoms with Crippen LogP contribution in [0.15, 0.2) is 30.6 Å². The molecule has 5 heterocycles. The minimum absolute atomic E-state index is 0.0775. The lowest BCUT2D eigenvalue weighted by atomic mass is 9.86. The molecule has 1 aromatic carbocycles. The third-order valence-electron chi connectivity index (χ3n) is 7.36. The zero-order valence-electron chi connectivity index (χ0n) is 19.1. The van der Waals surface area contributed by atoms with Crippen LogP contribution in [0.1, 0.15) is 35.6 Å². The van der Waals surface area contributed by atoms with Crippen LogP contribution in [0.25, 0.3) is 22.2 Å². The lowest BCUT2D eigenvalue weighted by Crippen LogP contribution is -2.42. The van der Waals surface area contributed by atoms with Gasteiger partial charge in [-0.25, -0.2) is 4.98 Å². The number of aromatic amines is 1. The summed E-state index contributed by atoms with van der Waals surface area (Å²) in [4.78, 5) is 23.0. The van der Waals surface area contributed by atoms with E-state index in [0.29, 0.717) is 31.4 Å². The van der Waals surface area contributed by atoms with Crippen LogP contribution in [0.4, 0.5) is 0 Å². The Hall–Kier alpha value is -2.45. The Bertz CT molecular complexity index is 1210. The monoisotopic (exact) mass is 480 g/mol. The maximum atomic E-state index is 13.3. The summed E-state index contributed by atoms with van der Waals surface area (Å²) in [6, 6.07) is 6.73. The van der Waals surface area contributed by atoms with Gasteiger partial charge < -0.3 is 24.7 Å². The van der Waals surface area contributed by atoms with Crippen molar-refractivity contribution in [2.75, 3.05) is 39.5 Å². The highest BCUT2D eigenvalue weighted by atomic mass is 35.5. The van der Waals surface area contributed by atoms with Gasteiger partial charge in [-0.05, 0) is 59.7 Å². The van der Waals surface area contributed by atoms with E-state index in [1.165, 1.54) is 16.7 Å². The maximum absolute atomic E-state index is 13.3. The minimum Gasteiger partial charge on any atom is -0.381 e. The number of nitrogens with one attached hydrogen (secondary N) is 2. The van der Waals surface area contributed by atoms with Crippen LogP contribution >= 0.6 is 11.6 Å². The maximum Gasteiger partial charge on any atom is 0.226 e. The van der Waals surface area contributed by atoms with Crippen molar-refractivity contribution in [3.8, 4) is 11.1 Å². The van der Waals surface area contributed by atoms with Crippen LogP contribution in [0.5, 0.6) is 0 Å². The molecule has 3 aliphatic rings. The number of morpholine rings is 1. The number of benzene rings is 1. The van der Waals surface area contributed by atoms with E-state index in [0.717, 1.165) is 61.1 Å². The van der Waals surface area contributed by atoms with E-state index in [1.807, 2.05) is 11.1 Å². The van der Waals surface area contributed by atoms with Gasteiger partial charge in [-0.1, -0.05) is 11.6 Å². The first-order chi connectivity index (χ1) is 16.7. The molecule has 0 aliphatic carbocycles. The Balaban J connectivity index is 1.38. The van der Waals surface area contributed by atoms with Crippen molar-refractivity contribution < 1.29 is 14.3 Å². The molecule has 3 aliphatic heterocycles. The van der Waals surface area contributed by atoms with E-state index in [1.54, 1.807) is 6.20 Å². The van der Waals surface area contributed by atoms with Gasteiger partial charge in [0.2, 0.25) is 5.91 Å². The molecule has 178 valence electrons. The van der Waals surface area contributed by atoms with E-state index >= 15 is 0 Å². The average molecular weight is 481 g/mol. The number of hydrogen-bond acceptors (Lipinski definition) is 5. The summed E-state index contributed by atoms with van der Waals surface area (Å²) >= 11 is 6.38. The Labute approximate surface area is 203 Å². The van der Waals surface area contributed by atoms with Gasteiger partial charge in [0.05, 0.1) is 24.3 Å². The summed E-state index contributed by atoms with van der Waals surface area (Å²) < 4.78 is 11.3. The van der Waals surface area contributed by atoms with Gasteiger partial charge in [-0.15, -0.1) is 0 Å². The van der Waals surface area contributed by atoms with Gasteiger partial charge >= 0.3 is 0 Å². The number of halogens is 1. The smallest absolute Gasteiger partial charge is 0.226 e. The molecule has 0 spiro atoms. The fourth-order valence-corrected chi connectivity index (χ4v) is 5.70. The molecule has 2 fully saturated rings. The predicted molar refractivity (Wildman–Crippen MR) is 131 cm³/mol. The third kappa shape index (κ3) is 4.11. The Kier molecular flexibility index (Phi) is 6.03. The molecule has 0 bridgehead atoms. The highest BCUT2D eigenvalue weighted by Gasteiger charge is 2.31. The Morgan fingerprint density at radius 1 is 1.12 bits per heavy atom. The molecule has 7 nitrogen and oxygen atoms in total. The number of ether oxygens (including phenoxy) is 2. The Morgan fingerprint density at radius 3 is 2.82 bits per heavy atom. The highest BCUT2D eigenvalue weighted by molar-refractivity contribution is 6.35. The van der Waals surface area contributed by atoms with Crippen molar-refractivity contribution in [1.82, 2.24) is 20.2 Å². The first kappa shape index (κ1) is 22.0. The number of fused-ring (bicyclic) bond motifs is 2. The molecule has 3 aromatic rings. The number of rotatable bonds is 3. The number of H-pyrrole nitrogens is 1. The summed E-state index contributed by atoms with van der Waals surface area (Å²) in [5, 5.41) is 5.20. The number of pyridine rings is 1. The molecule has 0 saturated carbocycles. The second kappa shape index (κ2) is 9.30. The van der Waals surface area contributed by atoms with Crippen molar-refractivity contribution in [2.24, 2.45) is 5.92 Å². The molecule has 2 aromatic heterocycles. The van der Waals surface area contributed by atoms with Crippen LogP contribution in [0.3, 0.4) is 0 Å². The fourth-order valence-electron chi connectivity index (χ4n) is 5.50. The number of nitrogens with zero attached hydrogens (tertiary/aromatic N) is 2. The van der Waals surface area contributed by atoms with Crippen LogP contribution < -0.4 is 5.32 Å². The molecule has 1 atom stereocenters. The van der Waals surface area contributed by atoms with Gasteiger partial charge in [0.25, 0.3) is 0 Å². The second-order valence-corrected chi connectivity index (χ2v) is 9.85. The first-order valence-electron chi connectivity index (χ1n) is 12.1. The van der Waals surface area contributed by atoms with Crippen molar-refractivity contribution in [3.05, 3.63) is 52.3 Å².